The van der Waals surface area contributed by atoms with E-state index in [2.05, 4.69) is 0 Å². The van der Waals surface area contributed by atoms with Crippen LogP contribution >= 0.6 is 0 Å². The highest BCUT2D eigenvalue weighted by Crippen LogP contribution is 2.52. The van der Waals surface area contributed by atoms with Crippen molar-refractivity contribution in [1.82, 2.24) is 0 Å². The van der Waals surface area contributed by atoms with E-state index in [1.165, 1.54) is 6.07 Å². The average molecular weight is 348 g/mol. The van der Waals surface area contributed by atoms with Crippen LogP contribution in [0, 0.1) is 24.2 Å². The lowest BCUT2D eigenvalue weighted by Gasteiger charge is -2.44. The van der Waals surface area contributed by atoms with Crippen LogP contribution in [0.2, 0.25) is 0 Å². The predicted molar refractivity (Wildman–Crippen MR) is 89.2 cm³/mol. The molecule has 2 aliphatic carbocycles. The summed E-state index contributed by atoms with van der Waals surface area (Å²) in [6, 6.07) is 3.00. The van der Waals surface area contributed by atoms with Crippen molar-refractivity contribution in [2.45, 2.75) is 51.7 Å². The van der Waals surface area contributed by atoms with Gasteiger partial charge in [0.25, 0.3) is 0 Å². The van der Waals surface area contributed by atoms with Gasteiger partial charge < -0.3 is 20.4 Å². The van der Waals surface area contributed by atoms with Crippen LogP contribution in [0.4, 0.5) is 0 Å². The van der Waals surface area contributed by atoms with Gasteiger partial charge in [-0.2, -0.15) is 0 Å². The van der Waals surface area contributed by atoms with Crippen LogP contribution in [0.5, 0.6) is 11.5 Å². The first-order chi connectivity index (χ1) is 11.7. The van der Waals surface area contributed by atoms with E-state index in [0.29, 0.717) is 24.0 Å². The van der Waals surface area contributed by atoms with Crippen molar-refractivity contribution in [2.24, 2.45) is 17.3 Å². The number of hydrogen-bond donors (Lipinski definition) is 4. The van der Waals surface area contributed by atoms with Crippen molar-refractivity contribution in [2.75, 3.05) is 0 Å². The Bertz CT molecular complexity index is 727. The van der Waals surface area contributed by atoms with Gasteiger partial charge in [-0.15, -0.1) is 0 Å². The second-order valence-corrected chi connectivity index (χ2v) is 7.56. The standard InChI is InChI=1S/C19H24O6/c1-9-3-5-12(20)18(25)10(9)7-13(21)17-11-4-6-15(23)19(11,2)16(24)8-14(17)22/h3,5,11,13,16-17,20-21,24-25H,4,6-8H2,1-2H3/t11-,13?,16+,17+,19-/m0/s1. The number of Topliss-reactive ketones (excluding diaryl/α,β-unsaturated/α-hetero) is 2. The molecule has 6 nitrogen and oxygen atoms in total. The van der Waals surface area contributed by atoms with E-state index in [1.807, 2.05) is 0 Å². The van der Waals surface area contributed by atoms with Gasteiger partial charge in [-0.05, 0) is 37.8 Å². The van der Waals surface area contributed by atoms with Gasteiger partial charge in [-0.25, -0.2) is 0 Å². The fourth-order valence-corrected chi connectivity index (χ4v) is 4.61. The number of aliphatic hydroxyl groups is 2. The number of carbonyl (C=O) groups is 2. The molecule has 2 fully saturated rings. The summed E-state index contributed by atoms with van der Waals surface area (Å²) >= 11 is 0. The molecule has 2 saturated carbocycles. The lowest BCUT2D eigenvalue weighted by molar-refractivity contribution is -0.154. The second kappa shape index (κ2) is 6.11. The topological polar surface area (TPSA) is 115 Å². The van der Waals surface area contributed by atoms with Gasteiger partial charge in [0.1, 0.15) is 11.6 Å². The van der Waals surface area contributed by atoms with Crippen molar-refractivity contribution in [1.29, 1.82) is 0 Å². The van der Waals surface area contributed by atoms with Crippen molar-refractivity contribution >= 4 is 11.6 Å². The van der Waals surface area contributed by atoms with Gasteiger partial charge in [0.05, 0.1) is 17.6 Å². The Kier molecular flexibility index (Phi) is 4.37. The normalized spacial score (nSPS) is 33.4. The van der Waals surface area contributed by atoms with E-state index in [4.69, 9.17) is 0 Å². The van der Waals surface area contributed by atoms with Gasteiger partial charge >= 0.3 is 0 Å². The zero-order chi connectivity index (χ0) is 18.5. The minimum Gasteiger partial charge on any atom is -0.504 e. The first-order valence-corrected chi connectivity index (χ1v) is 8.60. The number of aromatic hydroxyl groups is 2. The van der Waals surface area contributed by atoms with Crippen LogP contribution in [-0.2, 0) is 16.0 Å². The van der Waals surface area contributed by atoms with Crippen molar-refractivity contribution < 1.29 is 30.0 Å². The number of aliphatic hydroxyl groups excluding tert-OH is 2. The van der Waals surface area contributed by atoms with Crippen LogP contribution in [0.3, 0.4) is 0 Å². The molecule has 4 N–H and O–H groups in total. The van der Waals surface area contributed by atoms with Gasteiger partial charge in [0.2, 0.25) is 0 Å². The third kappa shape index (κ3) is 2.64. The molecule has 25 heavy (non-hydrogen) atoms. The van der Waals surface area contributed by atoms with E-state index in [-0.39, 0.29) is 35.9 Å². The van der Waals surface area contributed by atoms with Crippen LogP contribution in [0.1, 0.15) is 37.3 Å². The van der Waals surface area contributed by atoms with Gasteiger partial charge in [0, 0.05) is 30.7 Å². The monoisotopic (exact) mass is 348 g/mol. The zero-order valence-corrected chi connectivity index (χ0v) is 14.4. The lowest BCUT2D eigenvalue weighted by atomic mass is 9.60. The van der Waals surface area contributed by atoms with Gasteiger partial charge in [-0.3, -0.25) is 9.59 Å². The summed E-state index contributed by atoms with van der Waals surface area (Å²) in [6.07, 6.45) is -1.50. The fraction of sp³-hybridized carbons (Fsp3) is 0.579. The summed E-state index contributed by atoms with van der Waals surface area (Å²) in [7, 11) is 0. The third-order valence-corrected chi connectivity index (χ3v) is 6.27. The molecule has 1 unspecified atom stereocenters. The molecule has 0 amide bonds. The summed E-state index contributed by atoms with van der Waals surface area (Å²) in [5.41, 5.74) is 0.0792. The number of hydrogen-bond acceptors (Lipinski definition) is 6. The van der Waals surface area contributed by atoms with E-state index >= 15 is 0 Å². The second-order valence-electron chi connectivity index (χ2n) is 7.56. The summed E-state index contributed by atoms with van der Waals surface area (Å²) < 4.78 is 0. The largest absolute Gasteiger partial charge is 0.504 e. The Morgan fingerprint density at radius 2 is 1.96 bits per heavy atom. The Morgan fingerprint density at radius 1 is 1.28 bits per heavy atom. The molecule has 3 rings (SSSR count). The first kappa shape index (κ1) is 17.9. The highest BCUT2D eigenvalue weighted by Gasteiger charge is 2.59. The Balaban J connectivity index is 1.92. The quantitative estimate of drug-likeness (QED) is 0.611. The molecule has 0 bridgehead atoms. The number of carbonyl (C=O) groups excluding carboxylic acids is 2. The molecule has 0 heterocycles. The van der Waals surface area contributed by atoms with Crippen molar-refractivity contribution in [3.8, 4) is 11.5 Å². The van der Waals surface area contributed by atoms with Crippen LogP contribution < -0.4 is 0 Å². The molecular weight excluding hydrogens is 324 g/mol. The highest BCUT2D eigenvalue weighted by molar-refractivity contribution is 5.93. The Hall–Kier alpha value is -1.92. The molecule has 0 aliphatic heterocycles. The molecular formula is C19H24O6. The molecule has 2 aliphatic rings. The van der Waals surface area contributed by atoms with Crippen LogP contribution in [0.15, 0.2) is 12.1 Å². The number of aryl methyl sites for hydroxylation is 1. The number of fused-ring (bicyclic) bond motifs is 1. The Morgan fingerprint density at radius 3 is 2.64 bits per heavy atom. The number of rotatable bonds is 3. The minimum absolute atomic E-state index is 0.000656. The smallest absolute Gasteiger partial charge is 0.161 e. The SMILES string of the molecule is Cc1ccc(O)c(O)c1CC(O)[C@@H]1C(=O)C[C@@H](O)[C@]2(C)C(=O)CC[C@@H]12. The number of phenols is 2. The van der Waals surface area contributed by atoms with Gasteiger partial charge in [0.15, 0.2) is 11.5 Å². The fourth-order valence-electron chi connectivity index (χ4n) is 4.61. The molecule has 0 saturated heterocycles. The average Bonchev–Trinajstić information content (AvgIpc) is 2.85. The van der Waals surface area contributed by atoms with Crippen LogP contribution in [-0.4, -0.2) is 44.2 Å². The molecule has 0 radical (unpaired) electrons. The first-order valence-electron chi connectivity index (χ1n) is 8.60. The molecule has 1 aromatic rings. The number of phenolic OH excluding ortho intramolecular Hbond substituents is 2. The van der Waals surface area contributed by atoms with E-state index in [1.54, 1.807) is 19.9 Å². The maximum Gasteiger partial charge on any atom is 0.161 e. The molecule has 0 aromatic heterocycles. The van der Waals surface area contributed by atoms with Crippen molar-refractivity contribution in [3.63, 3.8) is 0 Å². The summed E-state index contributed by atoms with van der Waals surface area (Å²) in [5, 5.41) is 40.8. The number of benzene rings is 1. The minimum atomic E-state index is -1.10. The maximum absolute atomic E-state index is 12.5. The molecule has 136 valence electrons. The zero-order valence-electron chi connectivity index (χ0n) is 14.4. The third-order valence-electron chi connectivity index (χ3n) is 6.27. The van der Waals surface area contributed by atoms with E-state index in [0.717, 1.165) is 0 Å². The van der Waals surface area contributed by atoms with E-state index < -0.39 is 29.5 Å². The maximum atomic E-state index is 12.5. The highest BCUT2D eigenvalue weighted by atomic mass is 16.3. The molecule has 0 spiro atoms. The summed E-state index contributed by atoms with van der Waals surface area (Å²) in [5.74, 6) is -2.07. The molecule has 5 atom stereocenters. The Labute approximate surface area is 146 Å². The van der Waals surface area contributed by atoms with Crippen molar-refractivity contribution in [3.05, 3.63) is 23.3 Å². The number of ketones is 2. The molecule has 1 aromatic carbocycles. The predicted octanol–water partition coefficient (Wildman–Crippen LogP) is 1.24. The van der Waals surface area contributed by atoms with Gasteiger partial charge in [-0.1, -0.05) is 6.07 Å². The lowest BCUT2D eigenvalue weighted by Crippen LogP contribution is -2.54. The summed E-state index contributed by atoms with van der Waals surface area (Å²) in [4.78, 5) is 24.8. The summed E-state index contributed by atoms with van der Waals surface area (Å²) in [6.45, 7) is 3.43. The van der Waals surface area contributed by atoms with Crippen LogP contribution in [0.25, 0.3) is 0 Å². The molecule has 6 heteroatoms. The van der Waals surface area contributed by atoms with E-state index in [9.17, 15) is 30.0 Å².